The molecule has 2 fully saturated rings. The summed E-state index contributed by atoms with van der Waals surface area (Å²) >= 11 is 13.1. The summed E-state index contributed by atoms with van der Waals surface area (Å²) in [5.74, 6) is 1.04. The van der Waals surface area contributed by atoms with Crippen molar-refractivity contribution in [2.24, 2.45) is 5.92 Å². The van der Waals surface area contributed by atoms with Crippen LogP contribution in [0.2, 0.25) is 0 Å². The van der Waals surface area contributed by atoms with Crippen LogP contribution >= 0.6 is 43.5 Å². The van der Waals surface area contributed by atoms with Gasteiger partial charge in [0.25, 0.3) is 0 Å². The molecule has 88 valence electrons. The van der Waals surface area contributed by atoms with E-state index in [0.29, 0.717) is 28.1 Å². The third kappa shape index (κ3) is 3.09. The Hall–Kier alpha value is 1.17. The molecule has 0 radical (unpaired) electrons. The highest BCUT2D eigenvalue weighted by Gasteiger charge is 2.37. The molecular weight excluding hydrogens is 347 g/mol. The third-order valence-corrected chi connectivity index (χ3v) is 6.23. The zero-order valence-electron chi connectivity index (χ0n) is 8.37. The van der Waals surface area contributed by atoms with Crippen molar-refractivity contribution in [3.8, 4) is 0 Å². The summed E-state index contributed by atoms with van der Waals surface area (Å²) in [4.78, 5) is 1.11. The predicted molar refractivity (Wildman–Crippen MR) is 68.1 cm³/mol. The Kier molecular flexibility index (Phi) is 4.77. The van der Waals surface area contributed by atoms with Gasteiger partial charge in [-0.25, -0.2) is 0 Å². The van der Waals surface area contributed by atoms with E-state index in [9.17, 15) is 0 Å². The van der Waals surface area contributed by atoms with Crippen molar-refractivity contribution in [2.75, 3.05) is 12.5 Å². The maximum absolute atomic E-state index is 5.74. The number of rotatable bonds is 2. The van der Waals surface area contributed by atoms with Gasteiger partial charge in [0, 0.05) is 15.6 Å². The van der Waals surface area contributed by atoms with Crippen LogP contribution in [0.15, 0.2) is 0 Å². The first kappa shape index (κ1) is 12.6. The van der Waals surface area contributed by atoms with Gasteiger partial charge in [0.05, 0.1) is 18.6 Å². The molecule has 5 atom stereocenters. The van der Waals surface area contributed by atoms with Gasteiger partial charge in [0.1, 0.15) is 0 Å². The van der Waals surface area contributed by atoms with Crippen LogP contribution in [0, 0.1) is 5.92 Å². The van der Waals surface area contributed by atoms with Crippen molar-refractivity contribution < 1.29 is 9.47 Å². The Balaban J connectivity index is 1.84. The molecule has 0 bridgehead atoms. The molecule has 0 amide bonds. The molecular formula is C10H15Br2ClO2. The van der Waals surface area contributed by atoms with Gasteiger partial charge in [-0.3, -0.25) is 0 Å². The van der Waals surface area contributed by atoms with Gasteiger partial charge in [-0.2, -0.15) is 0 Å². The Morgan fingerprint density at radius 1 is 1.20 bits per heavy atom. The van der Waals surface area contributed by atoms with Crippen LogP contribution in [0.25, 0.3) is 0 Å². The SMILES string of the molecule is ClC[C@@H]1CO[C@H]([C@@H]2CC[C@H](Br)[C@H](Br)C2)O1. The normalized spacial score (nSPS) is 47.0. The van der Waals surface area contributed by atoms with Gasteiger partial charge >= 0.3 is 0 Å². The van der Waals surface area contributed by atoms with Crippen molar-refractivity contribution in [3.63, 3.8) is 0 Å². The van der Waals surface area contributed by atoms with Crippen LogP contribution in [-0.2, 0) is 9.47 Å². The summed E-state index contributed by atoms with van der Waals surface area (Å²) in [6.07, 6.45) is 3.50. The minimum absolute atomic E-state index is 0.0335. The zero-order chi connectivity index (χ0) is 10.8. The number of alkyl halides is 3. The fourth-order valence-corrected chi connectivity index (χ4v) is 3.54. The van der Waals surface area contributed by atoms with E-state index >= 15 is 0 Å². The molecule has 1 saturated carbocycles. The second kappa shape index (κ2) is 5.67. The maximum Gasteiger partial charge on any atom is 0.161 e. The Morgan fingerprint density at radius 3 is 2.60 bits per heavy atom. The van der Waals surface area contributed by atoms with Gasteiger partial charge in [-0.05, 0) is 19.3 Å². The van der Waals surface area contributed by atoms with Crippen LogP contribution < -0.4 is 0 Å². The van der Waals surface area contributed by atoms with E-state index in [1.54, 1.807) is 0 Å². The van der Waals surface area contributed by atoms with E-state index in [1.165, 1.54) is 6.42 Å². The first-order valence-corrected chi connectivity index (χ1v) is 7.68. The van der Waals surface area contributed by atoms with Crippen LogP contribution in [0.3, 0.4) is 0 Å². The molecule has 1 aliphatic heterocycles. The minimum Gasteiger partial charge on any atom is -0.350 e. The zero-order valence-corrected chi connectivity index (χ0v) is 12.3. The fourth-order valence-electron chi connectivity index (χ4n) is 2.15. The third-order valence-electron chi connectivity index (χ3n) is 3.06. The van der Waals surface area contributed by atoms with Gasteiger partial charge < -0.3 is 9.47 Å². The first-order chi connectivity index (χ1) is 7.20. The van der Waals surface area contributed by atoms with Crippen LogP contribution in [0.4, 0.5) is 0 Å². The second-order valence-electron chi connectivity index (χ2n) is 4.22. The molecule has 0 spiro atoms. The van der Waals surface area contributed by atoms with Crippen molar-refractivity contribution in [1.29, 1.82) is 0 Å². The Labute approximate surface area is 112 Å². The van der Waals surface area contributed by atoms with Crippen molar-refractivity contribution in [3.05, 3.63) is 0 Å². The summed E-state index contributed by atoms with van der Waals surface area (Å²) in [5.41, 5.74) is 0. The summed E-state index contributed by atoms with van der Waals surface area (Å²) in [7, 11) is 0. The van der Waals surface area contributed by atoms with E-state index in [2.05, 4.69) is 31.9 Å². The first-order valence-electron chi connectivity index (χ1n) is 5.32. The molecule has 2 nitrogen and oxygen atoms in total. The average molecular weight is 362 g/mol. The molecule has 2 aliphatic rings. The second-order valence-corrected chi connectivity index (χ2v) is 6.88. The van der Waals surface area contributed by atoms with Gasteiger partial charge in [0.2, 0.25) is 0 Å². The summed E-state index contributed by atoms with van der Waals surface area (Å²) in [6.45, 7) is 0.648. The molecule has 15 heavy (non-hydrogen) atoms. The van der Waals surface area contributed by atoms with Gasteiger partial charge in [-0.1, -0.05) is 31.9 Å². The summed E-state index contributed by atoms with van der Waals surface area (Å²) in [5, 5.41) is 0. The lowest BCUT2D eigenvalue weighted by molar-refractivity contribution is -0.101. The average Bonchev–Trinajstić information content (AvgIpc) is 2.70. The highest BCUT2D eigenvalue weighted by atomic mass is 79.9. The minimum atomic E-state index is -0.0335. The number of halogens is 3. The van der Waals surface area contributed by atoms with Crippen LogP contribution in [0.5, 0.6) is 0 Å². The monoisotopic (exact) mass is 360 g/mol. The largest absolute Gasteiger partial charge is 0.350 e. The standard InChI is InChI=1S/C10H15Br2ClO2/c11-8-2-1-6(3-9(8)12)10-14-5-7(4-13)15-10/h6-10H,1-5H2/t6-,7-,8+,9-,10+/m1/s1. The lowest BCUT2D eigenvalue weighted by Crippen LogP contribution is -2.33. The van der Waals surface area contributed by atoms with Crippen molar-refractivity contribution in [2.45, 2.75) is 41.3 Å². The van der Waals surface area contributed by atoms with Crippen molar-refractivity contribution in [1.82, 2.24) is 0 Å². The highest BCUT2D eigenvalue weighted by Crippen LogP contribution is 2.37. The van der Waals surface area contributed by atoms with Gasteiger partial charge in [0.15, 0.2) is 6.29 Å². The molecule has 2 rings (SSSR count). The van der Waals surface area contributed by atoms with E-state index in [0.717, 1.165) is 12.8 Å². The lowest BCUT2D eigenvalue weighted by Gasteiger charge is -2.32. The molecule has 0 N–H and O–H groups in total. The maximum atomic E-state index is 5.74. The van der Waals surface area contributed by atoms with Gasteiger partial charge in [-0.15, -0.1) is 11.6 Å². The quantitative estimate of drug-likeness (QED) is 0.702. The molecule has 5 heteroatoms. The molecule has 1 aliphatic carbocycles. The Morgan fingerprint density at radius 2 is 2.00 bits per heavy atom. The topological polar surface area (TPSA) is 18.5 Å². The number of hydrogen-bond donors (Lipinski definition) is 0. The Bertz CT molecular complexity index is 218. The van der Waals surface area contributed by atoms with E-state index in [4.69, 9.17) is 21.1 Å². The molecule has 1 heterocycles. The smallest absolute Gasteiger partial charge is 0.161 e. The summed E-state index contributed by atoms with van der Waals surface area (Å²) in [6, 6.07) is 0. The predicted octanol–water partition coefficient (Wildman–Crippen LogP) is 3.29. The number of hydrogen-bond acceptors (Lipinski definition) is 2. The summed E-state index contributed by atoms with van der Waals surface area (Å²) < 4.78 is 11.4. The van der Waals surface area contributed by atoms with E-state index < -0.39 is 0 Å². The van der Waals surface area contributed by atoms with Crippen LogP contribution in [0.1, 0.15) is 19.3 Å². The molecule has 0 unspecified atom stereocenters. The van der Waals surface area contributed by atoms with Crippen LogP contribution in [-0.4, -0.2) is 34.5 Å². The number of ether oxygens (including phenoxy) is 2. The lowest BCUT2D eigenvalue weighted by atomic mass is 9.88. The molecule has 0 aromatic carbocycles. The highest BCUT2D eigenvalue weighted by molar-refractivity contribution is 9.12. The van der Waals surface area contributed by atoms with E-state index in [1.807, 2.05) is 0 Å². The molecule has 0 aromatic rings. The van der Waals surface area contributed by atoms with E-state index in [-0.39, 0.29) is 12.4 Å². The molecule has 1 saturated heterocycles. The van der Waals surface area contributed by atoms with Crippen molar-refractivity contribution >= 4 is 43.5 Å². The fraction of sp³-hybridized carbons (Fsp3) is 1.00. The molecule has 0 aromatic heterocycles.